The Morgan fingerprint density at radius 1 is 1.19 bits per heavy atom. The molecule has 2 N–H and O–H groups in total. The lowest BCUT2D eigenvalue weighted by atomic mass is 10.1. The standard InChI is InChI=1S/C21H23BrN4/c1-15-11-20(23)18(12-19(15)22)21-7-9-24-26(21)17-8-10-25(14-17)13-16-5-3-2-4-6-16/h2-7,9,11-12,17H,8,10,13-14,23H2,1H3. The normalized spacial score (nSPS) is 17.7. The molecule has 1 unspecified atom stereocenters. The summed E-state index contributed by atoms with van der Waals surface area (Å²) in [7, 11) is 0. The quantitative estimate of drug-likeness (QED) is 0.636. The number of aryl methyl sites for hydroxylation is 1. The van der Waals surface area contributed by atoms with Gasteiger partial charge in [-0.3, -0.25) is 9.58 Å². The maximum Gasteiger partial charge on any atom is 0.0707 e. The number of hydrogen-bond donors (Lipinski definition) is 1. The second-order valence-electron chi connectivity index (χ2n) is 7.01. The molecular weight excluding hydrogens is 388 g/mol. The molecule has 0 aliphatic carbocycles. The van der Waals surface area contributed by atoms with E-state index in [4.69, 9.17) is 5.73 Å². The molecule has 2 heterocycles. The van der Waals surface area contributed by atoms with Crippen molar-refractivity contribution in [3.8, 4) is 11.3 Å². The van der Waals surface area contributed by atoms with E-state index < -0.39 is 0 Å². The van der Waals surface area contributed by atoms with Crippen molar-refractivity contribution in [3.05, 3.63) is 70.3 Å². The van der Waals surface area contributed by atoms with Crippen molar-refractivity contribution in [1.29, 1.82) is 0 Å². The molecule has 0 amide bonds. The summed E-state index contributed by atoms with van der Waals surface area (Å²) in [6.45, 7) is 5.15. The van der Waals surface area contributed by atoms with Crippen LogP contribution in [0.1, 0.15) is 23.6 Å². The molecule has 1 atom stereocenters. The Labute approximate surface area is 162 Å². The molecule has 1 aliphatic heterocycles. The van der Waals surface area contributed by atoms with Crippen LogP contribution in [0.2, 0.25) is 0 Å². The number of hydrogen-bond acceptors (Lipinski definition) is 3. The van der Waals surface area contributed by atoms with E-state index in [1.54, 1.807) is 0 Å². The number of nitrogens with two attached hydrogens (primary N) is 1. The molecule has 134 valence electrons. The second-order valence-corrected chi connectivity index (χ2v) is 7.87. The van der Waals surface area contributed by atoms with Crippen LogP contribution in [-0.4, -0.2) is 27.8 Å². The average molecular weight is 411 g/mol. The Bertz CT molecular complexity index is 904. The van der Waals surface area contributed by atoms with Crippen molar-refractivity contribution in [2.45, 2.75) is 25.9 Å². The van der Waals surface area contributed by atoms with E-state index >= 15 is 0 Å². The number of nitrogen functional groups attached to an aromatic ring is 1. The number of anilines is 1. The molecule has 1 fully saturated rings. The average Bonchev–Trinajstić information content (AvgIpc) is 3.28. The number of benzene rings is 2. The van der Waals surface area contributed by atoms with E-state index in [9.17, 15) is 0 Å². The molecule has 5 heteroatoms. The minimum atomic E-state index is 0.378. The van der Waals surface area contributed by atoms with Gasteiger partial charge in [0.25, 0.3) is 0 Å². The van der Waals surface area contributed by atoms with Gasteiger partial charge in [-0.1, -0.05) is 46.3 Å². The highest BCUT2D eigenvalue weighted by molar-refractivity contribution is 9.10. The van der Waals surface area contributed by atoms with Crippen LogP contribution in [0.15, 0.2) is 59.2 Å². The van der Waals surface area contributed by atoms with Gasteiger partial charge in [-0.15, -0.1) is 0 Å². The highest BCUT2D eigenvalue weighted by Crippen LogP contribution is 2.34. The number of halogens is 1. The first kappa shape index (κ1) is 17.3. The molecule has 0 spiro atoms. The highest BCUT2D eigenvalue weighted by atomic mass is 79.9. The fourth-order valence-electron chi connectivity index (χ4n) is 3.74. The van der Waals surface area contributed by atoms with E-state index in [0.29, 0.717) is 6.04 Å². The molecule has 1 aromatic heterocycles. The van der Waals surface area contributed by atoms with E-state index in [2.05, 4.69) is 80.0 Å². The summed E-state index contributed by atoms with van der Waals surface area (Å²) in [5.41, 5.74) is 11.7. The van der Waals surface area contributed by atoms with E-state index in [-0.39, 0.29) is 0 Å². The van der Waals surface area contributed by atoms with Gasteiger partial charge in [-0.25, -0.2) is 0 Å². The lowest BCUT2D eigenvalue weighted by Crippen LogP contribution is -2.21. The predicted octanol–water partition coefficient (Wildman–Crippen LogP) is 4.65. The lowest BCUT2D eigenvalue weighted by Gasteiger charge is -2.18. The number of nitrogens with zero attached hydrogens (tertiary/aromatic N) is 3. The molecule has 0 bridgehead atoms. The van der Waals surface area contributed by atoms with E-state index in [0.717, 1.165) is 53.0 Å². The van der Waals surface area contributed by atoms with Gasteiger partial charge < -0.3 is 5.73 Å². The monoisotopic (exact) mass is 410 g/mol. The van der Waals surface area contributed by atoms with Crippen LogP contribution in [-0.2, 0) is 6.54 Å². The summed E-state index contributed by atoms with van der Waals surface area (Å²) < 4.78 is 3.23. The summed E-state index contributed by atoms with van der Waals surface area (Å²) >= 11 is 3.63. The second kappa shape index (κ2) is 7.25. The Morgan fingerprint density at radius 3 is 2.81 bits per heavy atom. The molecule has 4 rings (SSSR count). The number of aromatic nitrogens is 2. The van der Waals surface area contributed by atoms with Crippen LogP contribution in [0.5, 0.6) is 0 Å². The first-order valence-electron chi connectivity index (χ1n) is 8.97. The van der Waals surface area contributed by atoms with Crippen molar-refractivity contribution in [2.24, 2.45) is 0 Å². The zero-order valence-electron chi connectivity index (χ0n) is 14.9. The summed E-state index contributed by atoms with van der Waals surface area (Å²) in [6.07, 6.45) is 2.98. The van der Waals surface area contributed by atoms with Crippen LogP contribution >= 0.6 is 15.9 Å². The van der Waals surface area contributed by atoms with Gasteiger partial charge in [0.15, 0.2) is 0 Å². The fourth-order valence-corrected chi connectivity index (χ4v) is 4.08. The Balaban J connectivity index is 1.56. The van der Waals surface area contributed by atoms with Crippen LogP contribution in [0.4, 0.5) is 5.69 Å². The van der Waals surface area contributed by atoms with Gasteiger partial charge in [-0.2, -0.15) is 5.10 Å². The van der Waals surface area contributed by atoms with Crippen molar-refractivity contribution in [1.82, 2.24) is 14.7 Å². The van der Waals surface area contributed by atoms with Gasteiger partial charge in [0.1, 0.15) is 0 Å². The minimum Gasteiger partial charge on any atom is -0.398 e. The van der Waals surface area contributed by atoms with Crippen LogP contribution in [0.25, 0.3) is 11.3 Å². The van der Waals surface area contributed by atoms with Crippen LogP contribution < -0.4 is 5.73 Å². The number of rotatable bonds is 4. The topological polar surface area (TPSA) is 47.1 Å². The maximum atomic E-state index is 6.31. The molecule has 0 radical (unpaired) electrons. The Kier molecular flexibility index (Phi) is 4.83. The van der Waals surface area contributed by atoms with E-state index in [1.807, 2.05) is 12.3 Å². The summed E-state index contributed by atoms with van der Waals surface area (Å²) in [4.78, 5) is 2.50. The molecule has 26 heavy (non-hydrogen) atoms. The van der Waals surface area contributed by atoms with E-state index in [1.165, 1.54) is 5.56 Å². The van der Waals surface area contributed by atoms with Crippen molar-refractivity contribution in [3.63, 3.8) is 0 Å². The lowest BCUT2D eigenvalue weighted by molar-refractivity contribution is 0.312. The minimum absolute atomic E-state index is 0.378. The summed E-state index contributed by atoms with van der Waals surface area (Å²) in [5.74, 6) is 0. The summed E-state index contributed by atoms with van der Waals surface area (Å²) in [6, 6.07) is 17.2. The third-order valence-corrected chi connectivity index (χ3v) is 5.97. The Hall–Kier alpha value is -2.11. The molecule has 2 aromatic carbocycles. The highest BCUT2D eigenvalue weighted by Gasteiger charge is 2.26. The SMILES string of the molecule is Cc1cc(N)c(-c2ccnn2C2CCN(Cc3ccccc3)C2)cc1Br. The van der Waals surface area contributed by atoms with Crippen LogP contribution in [0, 0.1) is 6.92 Å². The third kappa shape index (κ3) is 3.41. The zero-order valence-corrected chi connectivity index (χ0v) is 16.5. The van der Waals surface area contributed by atoms with Crippen molar-refractivity contribution < 1.29 is 0 Å². The maximum absolute atomic E-state index is 6.31. The first-order valence-corrected chi connectivity index (χ1v) is 9.77. The first-order chi connectivity index (χ1) is 12.6. The fraction of sp³-hybridized carbons (Fsp3) is 0.286. The van der Waals surface area contributed by atoms with Gasteiger partial charge in [-0.05, 0) is 42.7 Å². The molecule has 1 aliphatic rings. The van der Waals surface area contributed by atoms with Crippen molar-refractivity contribution in [2.75, 3.05) is 18.8 Å². The molecule has 3 aromatic rings. The Morgan fingerprint density at radius 2 is 2.00 bits per heavy atom. The van der Waals surface area contributed by atoms with Crippen LogP contribution in [0.3, 0.4) is 0 Å². The molecule has 0 saturated carbocycles. The zero-order chi connectivity index (χ0) is 18.1. The van der Waals surface area contributed by atoms with Gasteiger partial charge in [0, 0.05) is 41.6 Å². The predicted molar refractivity (Wildman–Crippen MR) is 110 cm³/mol. The largest absolute Gasteiger partial charge is 0.398 e. The number of likely N-dealkylation sites (tertiary alicyclic amines) is 1. The van der Waals surface area contributed by atoms with Crippen molar-refractivity contribution >= 4 is 21.6 Å². The van der Waals surface area contributed by atoms with Gasteiger partial charge in [0.2, 0.25) is 0 Å². The molecule has 1 saturated heterocycles. The van der Waals surface area contributed by atoms with Gasteiger partial charge in [0.05, 0.1) is 11.7 Å². The van der Waals surface area contributed by atoms with Gasteiger partial charge >= 0.3 is 0 Å². The smallest absolute Gasteiger partial charge is 0.0707 e. The third-order valence-electron chi connectivity index (χ3n) is 5.12. The summed E-state index contributed by atoms with van der Waals surface area (Å²) in [5, 5.41) is 4.63. The molecular formula is C21H23BrN4. The molecule has 4 nitrogen and oxygen atoms in total.